The first-order chi connectivity index (χ1) is 8.93. The van der Waals surface area contributed by atoms with E-state index in [0.29, 0.717) is 11.3 Å². The van der Waals surface area contributed by atoms with Crippen LogP contribution in [0.25, 0.3) is 0 Å². The lowest BCUT2D eigenvalue weighted by molar-refractivity contribution is -0.113. The minimum absolute atomic E-state index is 0.00963. The molecule has 0 saturated heterocycles. The summed E-state index contributed by atoms with van der Waals surface area (Å²) in [5.74, 6) is -0.111. The van der Waals surface area contributed by atoms with E-state index in [0.717, 1.165) is 24.0 Å². The van der Waals surface area contributed by atoms with E-state index in [1.807, 2.05) is 13.0 Å². The minimum atomic E-state index is -0.360. The second-order valence-electron chi connectivity index (χ2n) is 4.56. The molecule has 0 amide bonds. The summed E-state index contributed by atoms with van der Waals surface area (Å²) in [6, 6.07) is 3.58. The van der Waals surface area contributed by atoms with Crippen LogP contribution in [-0.4, -0.2) is 18.7 Å². The number of ketones is 2. The molecule has 0 aliphatic carbocycles. The second-order valence-corrected chi connectivity index (χ2v) is 4.56. The lowest BCUT2D eigenvalue weighted by Gasteiger charge is -2.15. The second kappa shape index (κ2) is 6.32. The number of rotatable bonds is 6. The fraction of sp³-hybridized carbons (Fsp3) is 0.375. The van der Waals surface area contributed by atoms with E-state index < -0.39 is 0 Å². The van der Waals surface area contributed by atoms with Gasteiger partial charge in [0.05, 0.1) is 18.2 Å². The Hall–Kier alpha value is -1.90. The minimum Gasteiger partial charge on any atom is -0.496 e. The van der Waals surface area contributed by atoms with Gasteiger partial charge < -0.3 is 4.74 Å². The molecule has 0 bridgehead atoms. The fourth-order valence-electron chi connectivity index (χ4n) is 2.02. The molecule has 3 heteroatoms. The van der Waals surface area contributed by atoms with Crippen molar-refractivity contribution in [3.63, 3.8) is 0 Å². The van der Waals surface area contributed by atoms with Gasteiger partial charge in [0, 0.05) is 0 Å². The summed E-state index contributed by atoms with van der Waals surface area (Å²) in [6.45, 7) is 8.95. The number of aryl methyl sites for hydroxylation is 1. The first-order valence-corrected chi connectivity index (χ1v) is 6.35. The maximum atomic E-state index is 12.2. The summed E-state index contributed by atoms with van der Waals surface area (Å²) in [5, 5.41) is 0. The van der Waals surface area contributed by atoms with Crippen molar-refractivity contribution < 1.29 is 14.3 Å². The van der Waals surface area contributed by atoms with Crippen LogP contribution in [0.1, 0.15) is 41.8 Å². The first-order valence-electron chi connectivity index (χ1n) is 6.35. The zero-order valence-corrected chi connectivity index (χ0v) is 12.0. The number of hydrogen-bond donors (Lipinski definition) is 0. The van der Waals surface area contributed by atoms with E-state index >= 15 is 0 Å². The quantitative estimate of drug-likeness (QED) is 0.341. The molecular formula is C16H20O3. The average Bonchev–Trinajstić information content (AvgIpc) is 2.39. The van der Waals surface area contributed by atoms with E-state index in [1.54, 1.807) is 13.2 Å². The zero-order chi connectivity index (χ0) is 14.6. The molecule has 0 fully saturated rings. The van der Waals surface area contributed by atoms with Crippen molar-refractivity contribution in [2.24, 2.45) is 0 Å². The zero-order valence-electron chi connectivity index (χ0n) is 12.0. The molecule has 1 aromatic rings. The Morgan fingerprint density at radius 1 is 1.32 bits per heavy atom. The maximum Gasteiger partial charge on any atom is 0.199 e. The first kappa shape index (κ1) is 15.2. The standard InChI is InChI=1S/C16H20O3/c1-6-7-13-10(2)8-9-14(16(13)19-5)15(18)11(3)12(4)17/h8-9H,3,6-7H2,1-2,4-5H3. The van der Waals surface area contributed by atoms with Gasteiger partial charge in [-0.1, -0.05) is 26.0 Å². The van der Waals surface area contributed by atoms with Crippen LogP contribution in [0.2, 0.25) is 0 Å². The SMILES string of the molecule is C=C(C(C)=O)C(=O)c1ccc(C)c(CCC)c1OC. The molecule has 0 atom stereocenters. The van der Waals surface area contributed by atoms with E-state index in [1.165, 1.54) is 6.92 Å². The number of allylic oxidation sites excluding steroid dienone is 1. The van der Waals surface area contributed by atoms with Crippen LogP contribution >= 0.6 is 0 Å². The lowest BCUT2D eigenvalue weighted by Crippen LogP contribution is -2.12. The summed E-state index contributed by atoms with van der Waals surface area (Å²) in [6.07, 6.45) is 1.80. The molecule has 0 aliphatic rings. The van der Waals surface area contributed by atoms with Crippen LogP contribution in [-0.2, 0) is 11.2 Å². The van der Waals surface area contributed by atoms with Gasteiger partial charge in [-0.3, -0.25) is 9.59 Å². The third-order valence-corrected chi connectivity index (χ3v) is 3.14. The van der Waals surface area contributed by atoms with Gasteiger partial charge in [0.15, 0.2) is 11.6 Å². The topological polar surface area (TPSA) is 43.4 Å². The van der Waals surface area contributed by atoms with Gasteiger partial charge >= 0.3 is 0 Å². The Morgan fingerprint density at radius 2 is 1.95 bits per heavy atom. The Kier molecular flexibility index (Phi) is 5.04. The highest BCUT2D eigenvalue weighted by molar-refractivity contribution is 6.26. The van der Waals surface area contributed by atoms with Crippen molar-refractivity contribution in [2.75, 3.05) is 7.11 Å². The van der Waals surface area contributed by atoms with E-state index in [4.69, 9.17) is 4.74 Å². The van der Waals surface area contributed by atoms with Crippen molar-refractivity contribution >= 4 is 11.6 Å². The van der Waals surface area contributed by atoms with Crippen LogP contribution in [0.15, 0.2) is 24.3 Å². The van der Waals surface area contributed by atoms with Gasteiger partial charge in [-0.05, 0) is 37.5 Å². The summed E-state index contributed by atoms with van der Waals surface area (Å²) >= 11 is 0. The Morgan fingerprint density at radius 3 is 2.42 bits per heavy atom. The number of hydrogen-bond acceptors (Lipinski definition) is 3. The van der Waals surface area contributed by atoms with Crippen LogP contribution in [0.5, 0.6) is 5.75 Å². The molecule has 0 saturated carbocycles. The number of ether oxygens (including phenoxy) is 1. The van der Waals surface area contributed by atoms with Crippen molar-refractivity contribution in [1.82, 2.24) is 0 Å². The molecule has 0 aromatic heterocycles. The van der Waals surface area contributed by atoms with Gasteiger partial charge in [-0.15, -0.1) is 0 Å². The molecule has 19 heavy (non-hydrogen) atoms. The summed E-state index contributed by atoms with van der Waals surface area (Å²) < 4.78 is 5.39. The molecule has 0 N–H and O–H groups in total. The van der Waals surface area contributed by atoms with E-state index in [9.17, 15) is 9.59 Å². The molecule has 102 valence electrons. The third-order valence-electron chi connectivity index (χ3n) is 3.14. The molecule has 1 aromatic carbocycles. The highest BCUT2D eigenvalue weighted by atomic mass is 16.5. The number of methoxy groups -OCH3 is 1. The molecule has 0 unspecified atom stereocenters. The van der Waals surface area contributed by atoms with Gasteiger partial charge in [-0.25, -0.2) is 0 Å². The van der Waals surface area contributed by atoms with Crippen LogP contribution in [0.4, 0.5) is 0 Å². The average molecular weight is 260 g/mol. The normalized spacial score (nSPS) is 10.1. The van der Waals surface area contributed by atoms with Gasteiger partial charge in [0.25, 0.3) is 0 Å². The van der Waals surface area contributed by atoms with Crippen LogP contribution in [0, 0.1) is 6.92 Å². The van der Waals surface area contributed by atoms with Crippen molar-refractivity contribution in [1.29, 1.82) is 0 Å². The number of carbonyl (C=O) groups is 2. The molecular weight excluding hydrogens is 240 g/mol. The van der Waals surface area contributed by atoms with Crippen LogP contribution < -0.4 is 4.74 Å². The predicted molar refractivity (Wildman–Crippen MR) is 75.9 cm³/mol. The Balaban J connectivity index is 3.36. The van der Waals surface area contributed by atoms with E-state index in [-0.39, 0.29) is 17.1 Å². The smallest absolute Gasteiger partial charge is 0.199 e. The Bertz CT molecular complexity index is 527. The summed E-state index contributed by atoms with van der Waals surface area (Å²) in [4.78, 5) is 23.5. The van der Waals surface area contributed by atoms with E-state index in [2.05, 4.69) is 13.5 Å². The highest BCUT2D eigenvalue weighted by Gasteiger charge is 2.21. The largest absolute Gasteiger partial charge is 0.496 e. The summed E-state index contributed by atoms with van der Waals surface area (Å²) in [7, 11) is 1.54. The lowest BCUT2D eigenvalue weighted by atomic mass is 9.94. The molecule has 0 heterocycles. The molecule has 0 radical (unpaired) electrons. The highest BCUT2D eigenvalue weighted by Crippen LogP contribution is 2.30. The number of Topliss-reactive ketones (excluding diaryl/α,β-unsaturated/α-hetero) is 2. The Labute approximate surface area is 114 Å². The maximum absolute atomic E-state index is 12.2. The van der Waals surface area contributed by atoms with Crippen molar-refractivity contribution in [3.8, 4) is 5.75 Å². The monoisotopic (exact) mass is 260 g/mol. The molecule has 0 spiro atoms. The molecule has 3 nitrogen and oxygen atoms in total. The fourth-order valence-corrected chi connectivity index (χ4v) is 2.02. The molecule has 0 aliphatic heterocycles. The number of carbonyl (C=O) groups excluding carboxylic acids is 2. The van der Waals surface area contributed by atoms with Crippen molar-refractivity contribution in [2.45, 2.75) is 33.6 Å². The van der Waals surface area contributed by atoms with Gasteiger partial charge in [0.2, 0.25) is 0 Å². The van der Waals surface area contributed by atoms with Gasteiger partial charge in [-0.2, -0.15) is 0 Å². The summed E-state index contributed by atoms with van der Waals surface area (Å²) in [5.41, 5.74) is 2.51. The predicted octanol–water partition coefficient (Wildman–Crippen LogP) is 3.28. The van der Waals surface area contributed by atoms with Crippen molar-refractivity contribution in [3.05, 3.63) is 41.0 Å². The van der Waals surface area contributed by atoms with Crippen LogP contribution in [0.3, 0.4) is 0 Å². The third kappa shape index (κ3) is 3.11. The van der Waals surface area contributed by atoms with Gasteiger partial charge in [0.1, 0.15) is 5.75 Å². The number of benzene rings is 1. The molecule has 1 rings (SSSR count).